The van der Waals surface area contributed by atoms with E-state index in [2.05, 4.69) is 17.6 Å². The molecule has 0 amide bonds. The minimum atomic E-state index is -0.456. The standard InChI is InChI=1S/C20H32N2O4/c1-3-25-18(23)16-12-21-13-22-17(16)19(24)26-20(2,14-8-4-5-9-14)15-10-6-7-11-15/h14-15,21-22H,3-13H2,1-2H3. The highest BCUT2D eigenvalue weighted by atomic mass is 16.6. The summed E-state index contributed by atoms with van der Waals surface area (Å²) in [7, 11) is 0. The molecule has 1 heterocycles. The molecule has 0 unspecified atom stereocenters. The van der Waals surface area contributed by atoms with Gasteiger partial charge in [-0.1, -0.05) is 25.7 Å². The first-order chi connectivity index (χ1) is 12.6. The lowest BCUT2D eigenvalue weighted by molar-refractivity contribution is -0.168. The Hall–Kier alpha value is -1.56. The van der Waals surface area contributed by atoms with Crippen LogP contribution in [0.15, 0.2) is 11.3 Å². The van der Waals surface area contributed by atoms with Crippen molar-refractivity contribution in [2.24, 2.45) is 11.8 Å². The van der Waals surface area contributed by atoms with Crippen molar-refractivity contribution in [3.63, 3.8) is 0 Å². The molecule has 2 N–H and O–H groups in total. The zero-order valence-electron chi connectivity index (χ0n) is 16.1. The van der Waals surface area contributed by atoms with Gasteiger partial charge in [0.05, 0.1) is 18.8 Å². The van der Waals surface area contributed by atoms with Crippen LogP contribution >= 0.6 is 0 Å². The van der Waals surface area contributed by atoms with Crippen LogP contribution in [-0.4, -0.2) is 37.4 Å². The molecule has 0 aromatic heterocycles. The summed E-state index contributed by atoms with van der Waals surface area (Å²) < 4.78 is 11.3. The van der Waals surface area contributed by atoms with Crippen molar-refractivity contribution in [1.82, 2.24) is 10.6 Å². The van der Waals surface area contributed by atoms with Crippen molar-refractivity contribution in [3.8, 4) is 0 Å². The normalized spacial score (nSPS) is 22.4. The zero-order valence-corrected chi connectivity index (χ0v) is 16.1. The maximum atomic E-state index is 13.1. The molecule has 0 radical (unpaired) electrons. The van der Waals surface area contributed by atoms with Gasteiger partial charge >= 0.3 is 11.9 Å². The van der Waals surface area contributed by atoms with Crippen LogP contribution in [0, 0.1) is 11.8 Å². The Labute approximate surface area is 156 Å². The van der Waals surface area contributed by atoms with E-state index in [1.54, 1.807) is 6.92 Å². The van der Waals surface area contributed by atoms with Crippen LogP contribution in [0.2, 0.25) is 0 Å². The van der Waals surface area contributed by atoms with E-state index in [1.165, 1.54) is 25.7 Å². The third kappa shape index (κ3) is 3.90. The average Bonchev–Trinajstić information content (AvgIpc) is 3.35. The van der Waals surface area contributed by atoms with Crippen LogP contribution < -0.4 is 10.6 Å². The zero-order chi connectivity index (χ0) is 18.6. The van der Waals surface area contributed by atoms with Gasteiger partial charge in [0.25, 0.3) is 0 Å². The predicted molar refractivity (Wildman–Crippen MR) is 98.1 cm³/mol. The van der Waals surface area contributed by atoms with Crippen molar-refractivity contribution in [2.75, 3.05) is 19.8 Å². The molecule has 0 aromatic rings. The number of hydrogen-bond donors (Lipinski definition) is 2. The van der Waals surface area contributed by atoms with Gasteiger partial charge in [0.1, 0.15) is 11.3 Å². The summed E-state index contributed by atoms with van der Waals surface area (Å²) in [6.07, 6.45) is 9.34. The Morgan fingerprint density at radius 3 is 2.15 bits per heavy atom. The molecule has 0 bridgehead atoms. The van der Waals surface area contributed by atoms with E-state index < -0.39 is 17.5 Å². The molecule has 3 aliphatic rings. The summed E-state index contributed by atoms with van der Waals surface area (Å²) in [5, 5.41) is 6.06. The van der Waals surface area contributed by atoms with Gasteiger partial charge in [0, 0.05) is 6.54 Å². The van der Waals surface area contributed by atoms with Crippen LogP contribution in [0.3, 0.4) is 0 Å². The van der Waals surface area contributed by atoms with Gasteiger partial charge in [-0.15, -0.1) is 0 Å². The summed E-state index contributed by atoms with van der Waals surface area (Å²) in [4.78, 5) is 25.3. The lowest BCUT2D eigenvalue weighted by atomic mass is 9.76. The van der Waals surface area contributed by atoms with Crippen LogP contribution in [0.25, 0.3) is 0 Å². The molecule has 1 aliphatic heterocycles. The molecule has 0 saturated heterocycles. The Morgan fingerprint density at radius 2 is 1.62 bits per heavy atom. The van der Waals surface area contributed by atoms with E-state index in [0.717, 1.165) is 25.7 Å². The molecular weight excluding hydrogens is 332 g/mol. The minimum Gasteiger partial charge on any atom is -0.463 e. The molecule has 0 aromatic carbocycles. The second-order valence-electron chi connectivity index (χ2n) is 7.89. The number of carbonyl (C=O) groups excluding carboxylic acids is 2. The Balaban J connectivity index is 1.82. The van der Waals surface area contributed by atoms with Crippen LogP contribution in [-0.2, 0) is 19.1 Å². The highest BCUT2D eigenvalue weighted by molar-refractivity contribution is 6.00. The maximum Gasteiger partial charge on any atom is 0.355 e. The lowest BCUT2D eigenvalue weighted by Crippen LogP contribution is -2.48. The Morgan fingerprint density at radius 1 is 1.04 bits per heavy atom. The summed E-state index contributed by atoms with van der Waals surface area (Å²) in [6, 6.07) is 0. The first-order valence-electron chi connectivity index (χ1n) is 10.1. The topological polar surface area (TPSA) is 76.7 Å². The van der Waals surface area contributed by atoms with Gasteiger partial charge in [-0.3, -0.25) is 5.32 Å². The second-order valence-corrected chi connectivity index (χ2v) is 7.89. The molecule has 3 rings (SSSR count). The largest absolute Gasteiger partial charge is 0.463 e. The smallest absolute Gasteiger partial charge is 0.355 e. The Kier molecular flexibility index (Phi) is 6.22. The number of esters is 2. The number of nitrogens with one attached hydrogen (secondary N) is 2. The first-order valence-corrected chi connectivity index (χ1v) is 10.1. The number of ether oxygens (including phenoxy) is 2. The molecular formula is C20H32N2O4. The second kappa shape index (κ2) is 8.42. The van der Waals surface area contributed by atoms with Gasteiger partial charge in [-0.25, -0.2) is 9.59 Å². The average molecular weight is 364 g/mol. The third-order valence-electron chi connectivity index (χ3n) is 6.36. The van der Waals surface area contributed by atoms with Gasteiger partial charge in [-0.2, -0.15) is 0 Å². The summed E-state index contributed by atoms with van der Waals surface area (Å²) >= 11 is 0. The summed E-state index contributed by atoms with van der Waals surface area (Å²) in [5.74, 6) is -0.0238. The van der Waals surface area contributed by atoms with E-state index in [4.69, 9.17) is 9.47 Å². The van der Waals surface area contributed by atoms with Crippen molar-refractivity contribution in [1.29, 1.82) is 0 Å². The molecule has 0 spiro atoms. The third-order valence-corrected chi connectivity index (χ3v) is 6.36. The molecule has 2 saturated carbocycles. The summed E-state index contributed by atoms with van der Waals surface area (Å²) in [5.41, 5.74) is 0.163. The van der Waals surface area contributed by atoms with Crippen molar-refractivity contribution in [3.05, 3.63) is 11.3 Å². The molecule has 146 valence electrons. The van der Waals surface area contributed by atoms with Crippen molar-refractivity contribution in [2.45, 2.75) is 70.8 Å². The fraction of sp³-hybridized carbons (Fsp3) is 0.800. The molecule has 26 heavy (non-hydrogen) atoms. The van der Waals surface area contributed by atoms with Crippen LogP contribution in [0.4, 0.5) is 0 Å². The van der Waals surface area contributed by atoms with Crippen LogP contribution in [0.1, 0.15) is 65.2 Å². The summed E-state index contributed by atoms with van der Waals surface area (Å²) in [6.45, 7) is 4.93. The molecule has 2 fully saturated rings. The van der Waals surface area contributed by atoms with Gasteiger partial charge < -0.3 is 14.8 Å². The van der Waals surface area contributed by atoms with Crippen molar-refractivity contribution < 1.29 is 19.1 Å². The highest BCUT2D eigenvalue weighted by Gasteiger charge is 2.47. The lowest BCUT2D eigenvalue weighted by Gasteiger charge is -2.41. The first kappa shape index (κ1) is 19.2. The van der Waals surface area contributed by atoms with Crippen LogP contribution in [0.5, 0.6) is 0 Å². The molecule has 6 nitrogen and oxygen atoms in total. The monoisotopic (exact) mass is 364 g/mol. The van der Waals surface area contributed by atoms with E-state index in [9.17, 15) is 9.59 Å². The molecule has 2 aliphatic carbocycles. The molecule has 0 atom stereocenters. The number of rotatable bonds is 6. The number of carbonyl (C=O) groups is 2. The van der Waals surface area contributed by atoms with E-state index in [0.29, 0.717) is 30.6 Å². The SMILES string of the molecule is CCOC(=O)C1=C(C(=O)OC(C)(C2CCCC2)C2CCCC2)NCNC1. The van der Waals surface area contributed by atoms with E-state index >= 15 is 0 Å². The van der Waals surface area contributed by atoms with Gasteiger partial charge in [0.2, 0.25) is 0 Å². The maximum absolute atomic E-state index is 13.1. The van der Waals surface area contributed by atoms with Crippen molar-refractivity contribution >= 4 is 11.9 Å². The predicted octanol–water partition coefficient (Wildman–Crippen LogP) is 2.64. The Bertz CT molecular complexity index is 544. The van der Waals surface area contributed by atoms with E-state index in [1.807, 2.05) is 0 Å². The van der Waals surface area contributed by atoms with Gasteiger partial charge in [-0.05, 0) is 51.4 Å². The fourth-order valence-corrected chi connectivity index (χ4v) is 4.87. The van der Waals surface area contributed by atoms with Gasteiger partial charge in [0.15, 0.2) is 0 Å². The fourth-order valence-electron chi connectivity index (χ4n) is 4.87. The highest BCUT2D eigenvalue weighted by Crippen LogP contribution is 2.46. The quantitative estimate of drug-likeness (QED) is 0.706. The van der Waals surface area contributed by atoms with E-state index in [-0.39, 0.29) is 12.3 Å². The minimum absolute atomic E-state index is 0.268. The number of hydrogen-bond acceptors (Lipinski definition) is 6. The molecule has 6 heteroatoms.